The Balaban J connectivity index is 1.69. The average Bonchev–Trinajstić information content (AvgIpc) is 2.68. The van der Waals surface area contributed by atoms with Crippen LogP contribution in [0.1, 0.15) is 17.3 Å². The summed E-state index contributed by atoms with van der Waals surface area (Å²) in [4.78, 5) is 16.8. The number of phenols is 1. The third kappa shape index (κ3) is 3.69. The Morgan fingerprint density at radius 1 is 1.08 bits per heavy atom. The number of methoxy groups -OCH3 is 1. The summed E-state index contributed by atoms with van der Waals surface area (Å²) in [5.41, 5.74) is 1.40. The normalized spacial score (nSPS) is 14.2. The Morgan fingerprint density at radius 3 is 2.46 bits per heavy atom. The highest BCUT2D eigenvalue weighted by Crippen LogP contribution is 2.30. The molecule has 1 N–H and O–H groups in total. The summed E-state index contributed by atoms with van der Waals surface area (Å²) in [6.45, 7) is 4.96. The van der Waals surface area contributed by atoms with Crippen molar-refractivity contribution in [3.8, 4) is 17.2 Å². The lowest BCUT2D eigenvalue weighted by Crippen LogP contribution is -2.48. The number of carbonyl (C=O) groups is 1. The van der Waals surface area contributed by atoms with Gasteiger partial charge in [0, 0.05) is 31.7 Å². The van der Waals surface area contributed by atoms with Crippen molar-refractivity contribution in [2.45, 2.75) is 6.92 Å². The van der Waals surface area contributed by atoms with E-state index in [0.29, 0.717) is 49.8 Å². The molecule has 1 fully saturated rings. The molecule has 2 aromatic rings. The summed E-state index contributed by atoms with van der Waals surface area (Å²) < 4.78 is 10.8. The second kappa shape index (κ2) is 7.99. The number of phenolic OH excluding ortho intramolecular Hbond substituents is 1. The van der Waals surface area contributed by atoms with Gasteiger partial charge in [0.1, 0.15) is 5.75 Å². The summed E-state index contributed by atoms with van der Waals surface area (Å²) in [6.07, 6.45) is 0. The summed E-state index contributed by atoms with van der Waals surface area (Å²) in [6, 6.07) is 12.5. The van der Waals surface area contributed by atoms with Gasteiger partial charge < -0.3 is 24.4 Å². The first kappa shape index (κ1) is 17.9. The van der Waals surface area contributed by atoms with Crippen LogP contribution in [0.4, 0.5) is 5.69 Å². The number of amides is 1. The van der Waals surface area contributed by atoms with Gasteiger partial charge in [0.15, 0.2) is 11.5 Å². The summed E-state index contributed by atoms with van der Waals surface area (Å²) >= 11 is 0. The predicted molar refractivity (Wildman–Crippen MR) is 100 cm³/mol. The molecule has 0 spiro atoms. The fourth-order valence-electron chi connectivity index (χ4n) is 3.14. The van der Waals surface area contributed by atoms with Crippen molar-refractivity contribution in [3.05, 3.63) is 48.0 Å². The molecule has 6 nitrogen and oxygen atoms in total. The van der Waals surface area contributed by atoms with Crippen molar-refractivity contribution in [2.24, 2.45) is 0 Å². The molecule has 1 aliphatic rings. The molecule has 0 saturated carbocycles. The molecule has 138 valence electrons. The van der Waals surface area contributed by atoms with Crippen LogP contribution in [0.2, 0.25) is 0 Å². The van der Waals surface area contributed by atoms with Crippen LogP contribution in [0.25, 0.3) is 0 Å². The van der Waals surface area contributed by atoms with Crippen LogP contribution < -0.4 is 14.4 Å². The third-order valence-corrected chi connectivity index (χ3v) is 4.50. The zero-order valence-corrected chi connectivity index (χ0v) is 15.1. The lowest BCUT2D eigenvalue weighted by atomic mass is 10.1. The quantitative estimate of drug-likeness (QED) is 0.893. The maximum Gasteiger partial charge on any atom is 0.254 e. The standard InChI is InChI=1S/C20H24N2O4/c1-3-26-19-14-15(8-9-18(19)25-2)20(24)22-12-10-21(11-13-22)16-6-4-5-7-17(16)23/h4-9,14,23H,3,10-13H2,1-2H3. The van der Waals surface area contributed by atoms with Gasteiger partial charge in [-0.15, -0.1) is 0 Å². The summed E-state index contributed by atoms with van der Waals surface area (Å²) in [5, 5.41) is 10.00. The first-order valence-corrected chi connectivity index (χ1v) is 8.77. The minimum absolute atomic E-state index is 0.0226. The van der Waals surface area contributed by atoms with Crippen molar-refractivity contribution >= 4 is 11.6 Å². The maximum atomic E-state index is 12.8. The van der Waals surface area contributed by atoms with E-state index in [2.05, 4.69) is 4.90 Å². The number of anilines is 1. The van der Waals surface area contributed by atoms with E-state index in [9.17, 15) is 9.90 Å². The highest BCUT2D eigenvalue weighted by molar-refractivity contribution is 5.95. The fourth-order valence-corrected chi connectivity index (χ4v) is 3.14. The number of benzene rings is 2. The highest BCUT2D eigenvalue weighted by atomic mass is 16.5. The molecule has 1 heterocycles. The van der Waals surface area contributed by atoms with Crippen LogP contribution in [0, 0.1) is 0 Å². The van der Waals surface area contributed by atoms with Crippen molar-refractivity contribution in [2.75, 3.05) is 44.8 Å². The van der Waals surface area contributed by atoms with Gasteiger partial charge in [-0.2, -0.15) is 0 Å². The van der Waals surface area contributed by atoms with Crippen LogP contribution in [0.5, 0.6) is 17.2 Å². The number of ether oxygens (including phenoxy) is 2. The number of para-hydroxylation sites is 2. The van der Waals surface area contributed by atoms with E-state index < -0.39 is 0 Å². The first-order valence-electron chi connectivity index (χ1n) is 8.77. The zero-order chi connectivity index (χ0) is 18.5. The molecule has 26 heavy (non-hydrogen) atoms. The molecule has 0 aromatic heterocycles. The van der Waals surface area contributed by atoms with Gasteiger partial charge in [-0.3, -0.25) is 4.79 Å². The molecule has 0 atom stereocenters. The van der Waals surface area contributed by atoms with E-state index >= 15 is 0 Å². The number of rotatable bonds is 5. The molecular formula is C20H24N2O4. The summed E-state index contributed by atoms with van der Waals surface area (Å²) in [7, 11) is 1.58. The zero-order valence-electron chi connectivity index (χ0n) is 15.1. The van der Waals surface area contributed by atoms with Crippen LogP contribution >= 0.6 is 0 Å². The summed E-state index contributed by atoms with van der Waals surface area (Å²) in [5.74, 6) is 1.44. The minimum atomic E-state index is -0.0226. The SMILES string of the molecule is CCOc1cc(C(=O)N2CCN(c3ccccc3O)CC2)ccc1OC. The van der Waals surface area contributed by atoms with Gasteiger partial charge in [-0.1, -0.05) is 12.1 Å². The van der Waals surface area contributed by atoms with Crippen molar-refractivity contribution in [1.29, 1.82) is 0 Å². The van der Waals surface area contributed by atoms with Gasteiger partial charge >= 0.3 is 0 Å². The lowest BCUT2D eigenvalue weighted by molar-refractivity contribution is 0.0746. The van der Waals surface area contributed by atoms with Gasteiger partial charge in [-0.25, -0.2) is 0 Å². The molecular weight excluding hydrogens is 332 g/mol. The molecule has 1 saturated heterocycles. The Kier molecular flexibility index (Phi) is 5.51. The van der Waals surface area contributed by atoms with Crippen molar-refractivity contribution in [1.82, 2.24) is 4.90 Å². The highest BCUT2D eigenvalue weighted by Gasteiger charge is 2.24. The van der Waals surface area contributed by atoms with Gasteiger partial charge in [0.2, 0.25) is 0 Å². The lowest BCUT2D eigenvalue weighted by Gasteiger charge is -2.36. The molecule has 3 rings (SSSR count). The number of hydrogen-bond acceptors (Lipinski definition) is 5. The number of carbonyl (C=O) groups excluding carboxylic acids is 1. The fraction of sp³-hybridized carbons (Fsp3) is 0.350. The monoisotopic (exact) mass is 356 g/mol. The van der Waals surface area contributed by atoms with Crippen LogP contribution in [0.3, 0.4) is 0 Å². The van der Waals surface area contributed by atoms with E-state index in [4.69, 9.17) is 9.47 Å². The smallest absolute Gasteiger partial charge is 0.254 e. The number of nitrogens with zero attached hydrogens (tertiary/aromatic N) is 2. The Morgan fingerprint density at radius 2 is 1.81 bits per heavy atom. The average molecular weight is 356 g/mol. The van der Waals surface area contributed by atoms with E-state index in [1.807, 2.05) is 24.0 Å². The van der Waals surface area contributed by atoms with Gasteiger partial charge in [0.25, 0.3) is 5.91 Å². The molecule has 2 aromatic carbocycles. The van der Waals surface area contributed by atoms with Crippen LogP contribution in [0.15, 0.2) is 42.5 Å². The molecule has 1 amide bonds. The first-order chi connectivity index (χ1) is 12.6. The van der Waals surface area contributed by atoms with Crippen molar-refractivity contribution in [3.63, 3.8) is 0 Å². The van der Waals surface area contributed by atoms with Crippen LogP contribution in [-0.4, -0.2) is 55.8 Å². The number of hydrogen-bond donors (Lipinski definition) is 1. The largest absolute Gasteiger partial charge is 0.506 e. The second-order valence-electron chi connectivity index (χ2n) is 6.07. The Hall–Kier alpha value is -2.89. The molecule has 0 bridgehead atoms. The Bertz CT molecular complexity index is 770. The van der Waals surface area contributed by atoms with Gasteiger partial charge in [0.05, 0.1) is 19.4 Å². The molecule has 1 aliphatic heterocycles. The molecule has 0 aliphatic carbocycles. The van der Waals surface area contributed by atoms with E-state index in [1.54, 1.807) is 37.4 Å². The number of piperazine rings is 1. The third-order valence-electron chi connectivity index (χ3n) is 4.50. The predicted octanol–water partition coefficient (Wildman–Crippen LogP) is 2.76. The maximum absolute atomic E-state index is 12.8. The van der Waals surface area contributed by atoms with E-state index in [1.165, 1.54) is 0 Å². The Labute approximate surface area is 153 Å². The van der Waals surface area contributed by atoms with Crippen molar-refractivity contribution < 1.29 is 19.4 Å². The number of aromatic hydroxyl groups is 1. The topological polar surface area (TPSA) is 62.2 Å². The van der Waals surface area contributed by atoms with E-state index in [0.717, 1.165) is 5.69 Å². The molecule has 0 radical (unpaired) electrons. The van der Waals surface area contributed by atoms with Gasteiger partial charge in [-0.05, 0) is 37.3 Å². The van der Waals surface area contributed by atoms with E-state index in [-0.39, 0.29) is 11.7 Å². The second-order valence-corrected chi connectivity index (χ2v) is 6.07. The molecule has 6 heteroatoms. The minimum Gasteiger partial charge on any atom is -0.506 e. The van der Waals surface area contributed by atoms with Crippen LogP contribution in [-0.2, 0) is 0 Å². The molecule has 0 unspecified atom stereocenters.